The summed E-state index contributed by atoms with van der Waals surface area (Å²) < 4.78 is 18.9. The van der Waals surface area contributed by atoms with Crippen LogP contribution in [-0.4, -0.2) is 47.6 Å². The number of ketones is 3. The van der Waals surface area contributed by atoms with Gasteiger partial charge in [0.05, 0.1) is 17.3 Å². The summed E-state index contributed by atoms with van der Waals surface area (Å²) in [5.74, 6) is 3.78. The third-order valence-electron chi connectivity index (χ3n) is 19.3. The molecular formula is C104H124Ir3N3O9-3. The topological polar surface area (TPSA) is 190 Å². The van der Waals surface area contributed by atoms with Crippen molar-refractivity contribution < 1.29 is 103 Å². The van der Waals surface area contributed by atoms with Crippen molar-refractivity contribution >= 4 is 50.6 Å². The van der Waals surface area contributed by atoms with Gasteiger partial charge in [0, 0.05) is 111 Å². The predicted octanol–water partition coefficient (Wildman–Crippen LogP) is 28.8. The Bertz CT molecular complexity index is 5430. The fourth-order valence-electron chi connectivity index (χ4n) is 12.9. The number of hydrogen-bond donors (Lipinski definition) is 3. The summed E-state index contributed by atoms with van der Waals surface area (Å²) in [4.78, 5) is 44.7. The molecular weight excluding hydrogens is 2010 g/mol. The number of allylic oxidation sites excluding steroid dienone is 6. The van der Waals surface area contributed by atoms with Crippen LogP contribution in [0.3, 0.4) is 0 Å². The van der Waals surface area contributed by atoms with Crippen LogP contribution in [0.2, 0.25) is 0 Å². The molecule has 0 bridgehead atoms. The van der Waals surface area contributed by atoms with Gasteiger partial charge in [-0.3, -0.25) is 29.3 Å². The first-order valence-electron chi connectivity index (χ1n) is 40.1. The van der Waals surface area contributed by atoms with Gasteiger partial charge in [0.2, 0.25) is 17.1 Å². The summed E-state index contributed by atoms with van der Waals surface area (Å²) in [7, 11) is 0. The number of aliphatic hydroxyl groups excluding tert-OH is 3. The summed E-state index contributed by atoms with van der Waals surface area (Å²) in [6, 6.07) is 64.5. The van der Waals surface area contributed by atoms with Gasteiger partial charge in [-0.25, -0.2) is 0 Å². The Balaban J connectivity index is 0.000000330. The van der Waals surface area contributed by atoms with E-state index in [-0.39, 0.29) is 122 Å². The average Bonchev–Trinajstić information content (AvgIpc) is 1.64. The van der Waals surface area contributed by atoms with E-state index >= 15 is 0 Å². The number of furan rings is 3. The second-order valence-corrected chi connectivity index (χ2v) is 36.6. The molecule has 6 heterocycles. The van der Waals surface area contributed by atoms with Gasteiger partial charge in [-0.1, -0.05) is 251 Å². The van der Waals surface area contributed by atoms with E-state index in [2.05, 4.69) is 336 Å². The summed E-state index contributed by atoms with van der Waals surface area (Å²) in [6.45, 7) is 61.8. The van der Waals surface area contributed by atoms with Crippen LogP contribution in [0.5, 0.6) is 0 Å². The number of hydrogen-bond acceptors (Lipinski definition) is 12. The maximum Gasteiger partial charge on any atom is 0.217 e. The Hall–Kier alpha value is -9.03. The number of benzene rings is 6. The molecule has 12 aromatic rings. The smallest absolute Gasteiger partial charge is 0.217 e. The van der Waals surface area contributed by atoms with Crippen molar-refractivity contribution in [2.75, 3.05) is 0 Å². The van der Waals surface area contributed by atoms with E-state index in [0.29, 0.717) is 34.9 Å². The SMILES string of the molecule is CC(=O)C=C(C)O.CC(=O)C=C(C)O.CC(=O)C=C(C)O.Cc1[c-]c(-c2ccc3cc(-c4c(C(C)C)cccc4C(C)C)oc3n2)cc(C(C)(C)C)c1.Cc1[c-]c(-c2ccc3cc(-c4cc(C(C)(C)C)cc(C(C)(C)C)c4)oc3n2)cc(C(C)(C)C)c1.Cc1[c-]c(-c2ccc3cc(-c4ccc(C(C)C)cc4)oc3n2)cc(C(C)(C)C)c1.[Ir].[Ir].[Ir]. The number of fused-ring (bicyclic) bond motifs is 3. The summed E-state index contributed by atoms with van der Waals surface area (Å²) in [5.41, 5.74) is 25.3. The van der Waals surface area contributed by atoms with Crippen LogP contribution in [0.1, 0.15) is 266 Å². The molecule has 0 unspecified atom stereocenters. The van der Waals surface area contributed by atoms with E-state index in [0.717, 1.165) is 95.0 Å². The Morgan fingerprint density at radius 3 is 0.882 bits per heavy atom. The van der Waals surface area contributed by atoms with Gasteiger partial charge in [0.25, 0.3) is 0 Å². The van der Waals surface area contributed by atoms with Crippen molar-refractivity contribution in [1.29, 1.82) is 0 Å². The monoisotopic (exact) mass is 2140 g/mol. The van der Waals surface area contributed by atoms with Crippen LogP contribution in [0.4, 0.5) is 0 Å². The Labute approximate surface area is 749 Å². The van der Waals surface area contributed by atoms with Gasteiger partial charge < -0.3 is 28.6 Å². The number of pyridine rings is 3. The zero-order valence-corrected chi connectivity index (χ0v) is 82.7. The molecule has 0 fully saturated rings. The normalized spacial score (nSPS) is 12.0. The number of aryl methyl sites for hydroxylation is 3. The van der Waals surface area contributed by atoms with Crippen LogP contribution in [0.25, 0.3) is 101 Å². The molecule has 0 saturated carbocycles. The minimum Gasteiger partial charge on any atom is -0.512 e. The van der Waals surface area contributed by atoms with E-state index in [1.807, 2.05) is 0 Å². The van der Waals surface area contributed by atoms with Crippen molar-refractivity contribution in [2.45, 2.75) is 253 Å². The first-order chi connectivity index (χ1) is 53.7. The van der Waals surface area contributed by atoms with Gasteiger partial charge in [-0.05, 0) is 162 Å². The fraction of sp³-hybridized carbons (Fsp3) is 0.365. The number of carbonyl (C=O) groups excluding carboxylic acids is 3. The molecule has 0 aliphatic carbocycles. The van der Waals surface area contributed by atoms with Gasteiger partial charge >= 0.3 is 0 Å². The van der Waals surface area contributed by atoms with Crippen molar-refractivity contribution in [3.05, 3.63) is 267 Å². The average molecular weight is 2140 g/mol. The Kier molecular flexibility index (Phi) is 36.9. The molecule has 0 spiro atoms. The molecule has 0 atom stereocenters. The molecule has 639 valence electrons. The Morgan fingerprint density at radius 1 is 0.345 bits per heavy atom. The zero-order valence-electron chi connectivity index (χ0n) is 75.5. The largest absolute Gasteiger partial charge is 0.512 e. The van der Waals surface area contributed by atoms with Crippen LogP contribution in [0.15, 0.2) is 200 Å². The molecule has 3 radical (unpaired) electrons. The quantitative estimate of drug-likeness (QED) is 0.0597. The summed E-state index contributed by atoms with van der Waals surface area (Å²) >= 11 is 0. The van der Waals surface area contributed by atoms with E-state index in [9.17, 15) is 14.4 Å². The summed E-state index contributed by atoms with van der Waals surface area (Å²) in [6.07, 6.45) is 3.50. The van der Waals surface area contributed by atoms with Crippen LogP contribution in [-0.2, 0) is 102 Å². The predicted molar refractivity (Wildman–Crippen MR) is 482 cm³/mol. The van der Waals surface area contributed by atoms with Crippen molar-refractivity contribution in [3.8, 4) is 67.7 Å². The van der Waals surface area contributed by atoms with Gasteiger partial charge in [0.1, 0.15) is 17.3 Å². The Morgan fingerprint density at radius 2 is 0.622 bits per heavy atom. The van der Waals surface area contributed by atoms with Crippen LogP contribution in [0, 0.1) is 39.0 Å². The summed E-state index contributed by atoms with van der Waals surface area (Å²) in [5, 5.41) is 28.1. The van der Waals surface area contributed by atoms with Crippen LogP contribution < -0.4 is 0 Å². The number of aliphatic hydroxyl groups is 3. The second kappa shape index (κ2) is 43.0. The molecule has 12 nitrogen and oxygen atoms in total. The molecule has 15 heteroatoms. The van der Waals surface area contributed by atoms with Gasteiger partial charge in [-0.15, -0.1) is 105 Å². The molecule has 0 aliphatic rings. The van der Waals surface area contributed by atoms with E-state index in [1.165, 1.54) is 110 Å². The van der Waals surface area contributed by atoms with Crippen molar-refractivity contribution in [1.82, 2.24) is 15.0 Å². The molecule has 0 saturated heterocycles. The number of carbonyl (C=O) groups is 3. The number of nitrogens with zero attached hydrogens (tertiary/aromatic N) is 3. The molecule has 0 aliphatic heterocycles. The second-order valence-electron chi connectivity index (χ2n) is 36.6. The minimum atomic E-state index is -0.125. The third kappa shape index (κ3) is 30.0. The van der Waals surface area contributed by atoms with Gasteiger partial charge in [0.15, 0.2) is 17.3 Å². The number of aromatic nitrogens is 3. The van der Waals surface area contributed by atoms with E-state index < -0.39 is 0 Å². The molecule has 3 N–H and O–H groups in total. The van der Waals surface area contributed by atoms with Crippen molar-refractivity contribution in [2.24, 2.45) is 0 Å². The van der Waals surface area contributed by atoms with E-state index in [1.54, 1.807) is 0 Å². The molecule has 6 aromatic heterocycles. The van der Waals surface area contributed by atoms with E-state index in [4.69, 9.17) is 43.5 Å². The fourth-order valence-corrected chi connectivity index (χ4v) is 12.9. The minimum absolute atomic E-state index is 0. The molecule has 119 heavy (non-hydrogen) atoms. The number of rotatable bonds is 12. The standard InChI is InChI=1S/C32H38NO.C30H34NO.C27H28NO.3C5H8O2.3Ir/c1-20-13-22(15-24(14-20)30(2,3)4)27-12-11-21-18-28(34-29(21)33-27)23-16-25(31(5,6)7)19-26(17-23)32(8,9)10;1-18(2)24-10-9-11-25(19(3)4)28(24)27-17-21-12-13-26(31-29(21)32-27)22-14-20(5)15-23(16-22)30(6,7)8;1-17(2)19-7-9-20(10-8-19)25-16-21-11-12-24(28-26(21)29-25)22-13-18(3)14-23(15-22)27(4,5)6;3*1-4(6)3-5(2)7;;;/h11-12,14-19H,1-10H3;9-13,15-19H,1-8H3;7-12,14-17H,1-6H3;3*3,6H,1-2H3;;;/q3*-1;;;;;;. The third-order valence-corrected chi connectivity index (χ3v) is 19.3. The first kappa shape index (κ1) is 102. The maximum atomic E-state index is 10.0. The maximum absolute atomic E-state index is 10.0. The molecule has 12 rings (SSSR count). The van der Waals surface area contributed by atoms with Crippen LogP contribution >= 0.6 is 0 Å². The first-order valence-corrected chi connectivity index (χ1v) is 40.1. The molecule has 0 amide bonds. The molecule has 6 aromatic carbocycles. The van der Waals surface area contributed by atoms with Crippen molar-refractivity contribution in [3.63, 3.8) is 0 Å². The zero-order chi connectivity index (χ0) is 86.6. The van der Waals surface area contributed by atoms with Gasteiger partial charge in [-0.2, -0.15) is 0 Å².